The van der Waals surface area contributed by atoms with E-state index in [2.05, 4.69) is 15.7 Å². The molecule has 2 N–H and O–H groups in total. The second-order valence-corrected chi connectivity index (χ2v) is 6.72. The fourth-order valence-corrected chi connectivity index (χ4v) is 2.73. The van der Waals surface area contributed by atoms with E-state index < -0.39 is 0 Å². The average molecular weight is 372 g/mol. The third kappa shape index (κ3) is 4.54. The zero-order valence-corrected chi connectivity index (χ0v) is 15.2. The van der Waals surface area contributed by atoms with Crippen molar-refractivity contribution in [1.82, 2.24) is 9.78 Å². The Hall–Kier alpha value is -3.67. The van der Waals surface area contributed by atoms with Gasteiger partial charge in [0.2, 0.25) is 11.8 Å². The number of rotatable bonds is 6. The summed E-state index contributed by atoms with van der Waals surface area (Å²) in [5.41, 5.74) is 3.19. The molecule has 0 spiro atoms. The molecular weight excluding hydrogens is 352 g/mol. The Balaban J connectivity index is 1.32. The van der Waals surface area contributed by atoms with Crippen molar-refractivity contribution in [3.63, 3.8) is 0 Å². The van der Waals surface area contributed by atoms with Crippen molar-refractivity contribution in [3.8, 4) is 5.69 Å². The number of para-hydroxylation sites is 1. The standard InChI is InChI=1S/C22H20N4O2/c27-21(13-6-16-14-23-26(15-16)20-4-2-1-3-5-20)24-18-9-11-19(12-10-18)25-22(28)17-7-8-17/h1-6,9-15,17H,7-8H2,(H,24,27)(H,25,28)/b13-6+. The molecule has 0 atom stereocenters. The lowest BCUT2D eigenvalue weighted by Crippen LogP contribution is -2.13. The Morgan fingerprint density at radius 3 is 2.32 bits per heavy atom. The van der Waals surface area contributed by atoms with Gasteiger partial charge in [-0.25, -0.2) is 4.68 Å². The molecule has 1 fully saturated rings. The zero-order valence-electron chi connectivity index (χ0n) is 15.2. The molecule has 1 heterocycles. The van der Waals surface area contributed by atoms with Gasteiger partial charge < -0.3 is 10.6 Å². The zero-order chi connectivity index (χ0) is 19.3. The number of hydrogen-bond acceptors (Lipinski definition) is 3. The van der Waals surface area contributed by atoms with E-state index in [1.54, 1.807) is 41.2 Å². The van der Waals surface area contributed by atoms with E-state index in [0.29, 0.717) is 5.69 Å². The molecule has 2 aromatic carbocycles. The molecule has 28 heavy (non-hydrogen) atoms. The number of anilines is 2. The highest BCUT2D eigenvalue weighted by molar-refractivity contribution is 6.02. The van der Waals surface area contributed by atoms with Crippen molar-refractivity contribution in [2.45, 2.75) is 12.8 Å². The molecule has 1 aromatic heterocycles. The minimum absolute atomic E-state index is 0.0655. The quantitative estimate of drug-likeness (QED) is 0.645. The molecule has 4 rings (SSSR count). The van der Waals surface area contributed by atoms with Crippen LogP contribution in [0.5, 0.6) is 0 Å². The lowest BCUT2D eigenvalue weighted by molar-refractivity contribution is -0.117. The van der Waals surface area contributed by atoms with Crippen LogP contribution in [0, 0.1) is 5.92 Å². The van der Waals surface area contributed by atoms with Crippen LogP contribution in [-0.4, -0.2) is 21.6 Å². The third-order valence-corrected chi connectivity index (χ3v) is 4.42. The van der Waals surface area contributed by atoms with Crippen molar-refractivity contribution >= 4 is 29.3 Å². The Morgan fingerprint density at radius 1 is 0.964 bits per heavy atom. The molecule has 2 amide bonds. The Kier molecular flexibility index (Phi) is 5.01. The first kappa shape index (κ1) is 17.7. The summed E-state index contributed by atoms with van der Waals surface area (Å²) in [6.45, 7) is 0. The number of nitrogens with zero attached hydrogens (tertiary/aromatic N) is 2. The summed E-state index contributed by atoms with van der Waals surface area (Å²) in [5, 5.41) is 9.97. The van der Waals surface area contributed by atoms with Crippen molar-refractivity contribution in [2.24, 2.45) is 5.92 Å². The maximum absolute atomic E-state index is 12.1. The molecular formula is C22H20N4O2. The van der Waals surface area contributed by atoms with Crippen LogP contribution in [0.25, 0.3) is 11.8 Å². The van der Waals surface area contributed by atoms with E-state index in [9.17, 15) is 9.59 Å². The molecule has 0 unspecified atom stereocenters. The van der Waals surface area contributed by atoms with E-state index in [-0.39, 0.29) is 17.7 Å². The summed E-state index contributed by atoms with van der Waals surface area (Å²) in [7, 11) is 0. The smallest absolute Gasteiger partial charge is 0.248 e. The van der Waals surface area contributed by atoms with Crippen LogP contribution in [0.15, 0.2) is 73.1 Å². The molecule has 0 bridgehead atoms. The maximum atomic E-state index is 12.1. The minimum atomic E-state index is -0.234. The van der Waals surface area contributed by atoms with Gasteiger partial charge in [-0.15, -0.1) is 0 Å². The fraction of sp³-hybridized carbons (Fsp3) is 0.136. The van der Waals surface area contributed by atoms with Crippen molar-refractivity contribution in [2.75, 3.05) is 10.6 Å². The lowest BCUT2D eigenvalue weighted by atomic mass is 10.2. The van der Waals surface area contributed by atoms with Gasteiger partial charge in [-0.05, 0) is 55.3 Å². The van der Waals surface area contributed by atoms with E-state index in [1.807, 2.05) is 36.5 Å². The molecule has 3 aromatic rings. The molecule has 0 aliphatic heterocycles. The van der Waals surface area contributed by atoms with Gasteiger partial charge in [0, 0.05) is 35.1 Å². The van der Waals surface area contributed by atoms with E-state index in [1.165, 1.54) is 6.08 Å². The minimum Gasteiger partial charge on any atom is -0.326 e. The molecule has 0 radical (unpaired) electrons. The maximum Gasteiger partial charge on any atom is 0.248 e. The first-order valence-electron chi connectivity index (χ1n) is 9.17. The van der Waals surface area contributed by atoms with Crippen LogP contribution in [0.3, 0.4) is 0 Å². The van der Waals surface area contributed by atoms with Gasteiger partial charge >= 0.3 is 0 Å². The monoisotopic (exact) mass is 372 g/mol. The van der Waals surface area contributed by atoms with Gasteiger partial charge in [-0.2, -0.15) is 5.10 Å². The summed E-state index contributed by atoms with van der Waals surface area (Å²) in [4.78, 5) is 23.9. The topological polar surface area (TPSA) is 76.0 Å². The van der Waals surface area contributed by atoms with Crippen molar-refractivity contribution < 1.29 is 9.59 Å². The Bertz CT molecular complexity index is 1000. The van der Waals surface area contributed by atoms with Gasteiger partial charge in [0.25, 0.3) is 0 Å². The fourth-order valence-electron chi connectivity index (χ4n) is 2.73. The van der Waals surface area contributed by atoms with E-state index in [0.717, 1.165) is 29.8 Å². The highest BCUT2D eigenvalue weighted by Crippen LogP contribution is 2.30. The lowest BCUT2D eigenvalue weighted by Gasteiger charge is -2.06. The normalized spacial score (nSPS) is 13.4. The van der Waals surface area contributed by atoms with E-state index in [4.69, 9.17) is 0 Å². The van der Waals surface area contributed by atoms with Crippen LogP contribution < -0.4 is 10.6 Å². The summed E-state index contributed by atoms with van der Waals surface area (Å²) >= 11 is 0. The summed E-state index contributed by atoms with van der Waals surface area (Å²) < 4.78 is 1.76. The van der Waals surface area contributed by atoms with E-state index >= 15 is 0 Å². The third-order valence-electron chi connectivity index (χ3n) is 4.42. The molecule has 1 saturated carbocycles. The number of hydrogen-bond donors (Lipinski definition) is 2. The molecule has 1 aliphatic carbocycles. The number of amides is 2. The summed E-state index contributed by atoms with van der Waals surface area (Å²) in [6.07, 6.45) is 8.68. The molecule has 1 aliphatic rings. The van der Waals surface area contributed by atoms with Gasteiger partial charge in [0.1, 0.15) is 0 Å². The summed E-state index contributed by atoms with van der Waals surface area (Å²) in [6, 6.07) is 16.9. The molecule has 0 saturated heterocycles. The number of nitrogens with one attached hydrogen (secondary N) is 2. The average Bonchev–Trinajstić information content (AvgIpc) is 3.47. The number of benzene rings is 2. The number of carbonyl (C=O) groups is 2. The highest BCUT2D eigenvalue weighted by Gasteiger charge is 2.29. The van der Waals surface area contributed by atoms with Gasteiger partial charge in [-0.1, -0.05) is 18.2 Å². The van der Waals surface area contributed by atoms with Crippen LogP contribution in [0.4, 0.5) is 11.4 Å². The molecule has 140 valence electrons. The van der Waals surface area contributed by atoms with Gasteiger partial charge in [0.05, 0.1) is 11.9 Å². The highest BCUT2D eigenvalue weighted by atomic mass is 16.2. The largest absolute Gasteiger partial charge is 0.326 e. The van der Waals surface area contributed by atoms with Crippen LogP contribution in [-0.2, 0) is 9.59 Å². The molecule has 6 nitrogen and oxygen atoms in total. The van der Waals surface area contributed by atoms with Crippen LogP contribution in [0.2, 0.25) is 0 Å². The van der Waals surface area contributed by atoms with Crippen molar-refractivity contribution in [3.05, 3.63) is 78.6 Å². The van der Waals surface area contributed by atoms with Gasteiger partial charge in [-0.3, -0.25) is 9.59 Å². The predicted octanol–water partition coefficient (Wildman–Crippen LogP) is 3.87. The molecule has 6 heteroatoms. The van der Waals surface area contributed by atoms with Crippen LogP contribution >= 0.6 is 0 Å². The second-order valence-electron chi connectivity index (χ2n) is 6.72. The SMILES string of the molecule is O=C(/C=C/c1cnn(-c2ccccc2)c1)Nc1ccc(NC(=O)C2CC2)cc1. The second kappa shape index (κ2) is 7.92. The first-order valence-corrected chi connectivity index (χ1v) is 9.17. The Labute approximate surface area is 162 Å². The summed E-state index contributed by atoms with van der Waals surface area (Å²) in [5.74, 6) is -0.00578. The predicted molar refractivity (Wildman–Crippen MR) is 109 cm³/mol. The van der Waals surface area contributed by atoms with Crippen molar-refractivity contribution in [1.29, 1.82) is 0 Å². The Morgan fingerprint density at radius 2 is 1.64 bits per heavy atom. The number of aromatic nitrogens is 2. The number of carbonyl (C=O) groups excluding carboxylic acids is 2. The van der Waals surface area contributed by atoms with Crippen LogP contribution in [0.1, 0.15) is 18.4 Å². The van der Waals surface area contributed by atoms with Gasteiger partial charge in [0.15, 0.2) is 0 Å². The first-order chi connectivity index (χ1) is 13.7.